The van der Waals surface area contributed by atoms with Crippen molar-refractivity contribution in [3.05, 3.63) is 48.5 Å². The van der Waals surface area contributed by atoms with Crippen molar-refractivity contribution in [1.29, 1.82) is 0 Å². The van der Waals surface area contributed by atoms with E-state index in [1.165, 1.54) is 12.0 Å². The number of likely N-dealkylation sites (tertiary alicyclic amines) is 1. The number of hydrogen-bond donors (Lipinski definition) is 1. The third kappa shape index (κ3) is 3.37. The van der Waals surface area contributed by atoms with Crippen LogP contribution in [0.3, 0.4) is 0 Å². The van der Waals surface area contributed by atoms with Crippen LogP contribution in [0.5, 0.6) is 0 Å². The second-order valence-electron chi connectivity index (χ2n) is 7.35. The number of aliphatic hydroxyl groups excluding tert-OH is 1. The molecule has 5 nitrogen and oxygen atoms in total. The van der Waals surface area contributed by atoms with E-state index >= 15 is 0 Å². The van der Waals surface area contributed by atoms with E-state index in [0.29, 0.717) is 11.8 Å². The number of aliphatic hydroxyl groups is 1. The van der Waals surface area contributed by atoms with E-state index in [1.54, 1.807) is 12.7 Å². The van der Waals surface area contributed by atoms with Gasteiger partial charge in [0.15, 0.2) is 0 Å². The van der Waals surface area contributed by atoms with Crippen molar-refractivity contribution in [3.63, 3.8) is 0 Å². The minimum Gasteiger partial charge on any atom is -0.391 e. The third-order valence-corrected chi connectivity index (χ3v) is 5.74. The van der Waals surface area contributed by atoms with Gasteiger partial charge in [-0.3, -0.25) is 0 Å². The first-order chi connectivity index (χ1) is 11.8. The summed E-state index contributed by atoms with van der Waals surface area (Å²) in [5, 5.41) is 14.7. The first-order valence-electron chi connectivity index (χ1n) is 9.08. The Kier molecular flexibility index (Phi) is 4.63. The Morgan fingerprint density at radius 3 is 2.62 bits per heavy atom. The summed E-state index contributed by atoms with van der Waals surface area (Å²) in [5.74, 6) is 1.32. The monoisotopic (exact) mass is 326 g/mol. The van der Waals surface area contributed by atoms with Gasteiger partial charge in [0.25, 0.3) is 0 Å². The Balaban J connectivity index is 1.29. The van der Waals surface area contributed by atoms with Crippen molar-refractivity contribution in [2.75, 3.05) is 19.6 Å². The Morgan fingerprint density at radius 1 is 1.08 bits per heavy atom. The number of rotatable bonds is 5. The van der Waals surface area contributed by atoms with Crippen molar-refractivity contribution in [2.24, 2.45) is 11.8 Å². The summed E-state index contributed by atoms with van der Waals surface area (Å²) in [4.78, 5) is 6.62. The zero-order valence-corrected chi connectivity index (χ0v) is 14.0. The molecule has 1 aromatic heterocycles. The minimum absolute atomic E-state index is 0.0954. The highest BCUT2D eigenvalue weighted by Gasteiger charge is 2.42. The van der Waals surface area contributed by atoms with Crippen LogP contribution in [0.25, 0.3) is 0 Å². The van der Waals surface area contributed by atoms with Gasteiger partial charge in [0.1, 0.15) is 12.7 Å². The summed E-state index contributed by atoms with van der Waals surface area (Å²) >= 11 is 0. The molecule has 0 unspecified atom stereocenters. The van der Waals surface area contributed by atoms with Crippen molar-refractivity contribution < 1.29 is 5.11 Å². The molecule has 2 aromatic rings. The van der Waals surface area contributed by atoms with Crippen LogP contribution in [0.15, 0.2) is 43.0 Å². The zero-order valence-electron chi connectivity index (χ0n) is 14.0. The van der Waals surface area contributed by atoms with Gasteiger partial charge in [-0.05, 0) is 49.6 Å². The van der Waals surface area contributed by atoms with Crippen molar-refractivity contribution in [3.8, 4) is 0 Å². The number of nitrogens with zero attached hydrogens (tertiary/aromatic N) is 4. The molecule has 1 aromatic carbocycles. The molecule has 0 spiro atoms. The molecule has 1 aliphatic carbocycles. The Morgan fingerprint density at radius 2 is 1.88 bits per heavy atom. The molecule has 1 saturated carbocycles. The van der Waals surface area contributed by atoms with E-state index < -0.39 is 0 Å². The fourth-order valence-corrected chi connectivity index (χ4v) is 4.51. The SMILES string of the molecule is O[C@@H]1C[C@H]2CN(CCCc3ccccc3)C[C@H]2C[C@H]1n1cncn1. The second-order valence-corrected chi connectivity index (χ2v) is 7.35. The average Bonchev–Trinajstić information content (AvgIpc) is 3.24. The third-order valence-electron chi connectivity index (χ3n) is 5.74. The molecule has 4 rings (SSSR count). The van der Waals surface area contributed by atoms with Gasteiger partial charge in [0, 0.05) is 13.1 Å². The summed E-state index contributed by atoms with van der Waals surface area (Å²) in [7, 11) is 0. The molecule has 2 aliphatic rings. The van der Waals surface area contributed by atoms with Gasteiger partial charge in [0.05, 0.1) is 12.1 Å². The van der Waals surface area contributed by atoms with Crippen molar-refractivity contribution in [1.82, 2.24) is 19.7 Å². The molecule has 5 heteroatoms. The lowest BCUT2D eigenvalue weighted by molar-refractivity contribution is 0.0305. The first kappa shape index (κ1) is 15.8. The highest BCUT2D eigenvalue weighted by Crippen LogP contribution is 2.40. The van der Waals surface area contributed by atoms with Crippen LogP contribution < -0.4 is 0 Å². The minimum atomic E-state index is -0.294. The van der Waals surface area contributed by atoms with Crippen LogP contribution >= 0.6 is 0 Å². The molecule has 0 radical (unpaired) electrons. The van der Waals surface area contributed by atoms with Gasteiger partial charge in [-0.25, -0.2) is 9.67 Å². The smallest absolute Gasteiger partial charge is 0.137 e. The lowest BCUT2D eigenvalue weighted by atomic mass is 9.77. The van der Waals surface area contributed by atoms with Gasteiger partial charge < -0.3 is 10.0 Å². The predicted octanol–water partition coefficient (Wildman–Crippen LogP) is 2.15. The van der Waals surface area contributed by atoms with Crippen LogP contribution in [-0.4, -0.2) is 50.5 Å². The number of benzene rings is 1. The number of hydrogen-bond acceptors (Lipinski definition) is 4. The molecule has 1 aliphatic heterocycles. The molecule has 2 fully saturated rings. The number of fused-ring (bicyclic) bond motifs is 1. The first-order valence-corrected chi connectivity index (χ1v) is 9.08. The lowest BCUT2D eigenvalue weighted by Gasteiger charge is -2.35. The van der Waals surface area contributed by atoms with E-state index in [1.807, 2.05) is 4.68 Å². The fourth-order valence-electron chi connectivity index (χ4n) is 4.51. The maximum Gasteiger partial charge on any atom is 0.137 e. The summed E-state index contributed by atoms with van der Waals surface area (Å²) in [6, 6.07) is 10.8. The quantitative estimate of drug-likeness (QED) is 0.915. The molecular weight excluding hydrogens is 300 g/mol. The summed E-state index contributed by atoms with van der Waals surface area (Å²) in [6.07, 6.45) is 7.27. The highest BCUT2D eigenvalue weighted by molar-refractivity contribution is 5.14. The molecule has 128 valence electrons. The van der Waals surface area contributed by atoms with E-state index in [9.17, 15) is 5.11 Å². The maximum absolute atomic E-state index is 10.5. The van der Waals surface area contributed by atoms with Crippen LogP contribution in [-0.2, 0) is 6.42 Å². The van der Waals surface area contributed by atoms with Crippen molar-refractivity contribution >= 4 is 0 Å². The predicted molar refractivity (Wildman–Crippen MR) is 92.5 cm³/mol. The molecule has 1 saturated heterocycles. The summed E-state index contributed by atoms with van der Waals surface area (Å²) in [6.45, 7) is 3.46. The van der Waals surface area contributed by atoms with E-state index in [2.05, 4.69) is 45.3 Å². The van der Waals surface area contributed by atoms with Crippen LogP contribution in [0.1, 0.15) is 30.9 Å². The number of aryl methyl sites for hydroxylation is 1. The summed E-state index contributed by atoms with van der Waals surface area (Å²) in [5.41, 5.74) is 1.43. The second kappa shape index (κ2) is 7.03. The van der Waals surface area contributed by atoms with E-state index in [0.717, 1.165) is 38.9 Å². The molecule has 4 atom stereocenters. The van der Waals surface area contributed by atoms with Gasteiger partial charge in [0.2, 0.25) is 0 Å². The molecule has 2 heterocycles. The van der Waals surface area contributed by atoms with Crippen LogP contribution in [0.2, 0.25) is 0 Å². The van der Waals surface area contributed by atoms with Gasteiger partial charge in [-0.1, -0.05) is 30.3 Å². The number of aromatic nitrogens is 3. The lowest BCUT2D eigenvalue weighted by Crippen LogP contribution is -2.36. The maximum atomic E-state index is 10.5. The normalized spacial score (nSPS) is 30.4. The molecular formula is C19H26N4O. The van der Waals surface area contributed by atoms with Crippen LogP contribution in [0.4, 0.5) is 0 Å². The van der Waals surface area contributed by atoms with Gasteiger partial charge in [-0.15, -0.1) is 0 Å². The Bertz CT molecular complexity index is 630. The highest BCUT2D eigenvalue weighted by atomic mass is 16.3. The molecule has 1 N–H and O–H groups in total. The summed E-state index contributed by atoms with van der Waals surface area (Å²) < 4.78 is 1.85. The van der Waals surface area contributed by atoms with Crippen LogP contribution in [0, 0.1) is 11.8 Å². The Hall–Kier alpha value is -1.72. The zero-order chi connectivity index (χ0) is 16.4. The molecule has 0 bridgehead atoms. The fraction of sp³-hybridized carbons (Fsp3) is 0.579. The van der Waals surface area contributed by atoms with Gasteiger partial charge in [-0.2, -0.15) is 5.10 Å². The standard InChI is InChI=1S/C19H26N4O/c24-19-10-17-12-22(8-4-7-15-5-2-1-3-6-15)11-16(17)9-18(19)23-14-20-13-21-23/h1-3,5-6,13-14,16-19,24H,4,7-12H2/t16-,17+,18-,19-/m1/s1. The topological polar surface area (TPSA) is 54.2 Å². The van der Waals surface area contributed by atoms with Gasteiger partial charge >= 0.3 is 0 Å². The van der Waals surface area contributed by atoms with E-state index in [4.69, 9.17) is 0 Å². The molecule has 24 heavy (non-hydrogen) atoms. The largest absolute Gasteiger partial charge is 0.391 e. The van der Waals surface area contributed by atoms with Crippen molar-refractivity contribution in [2.45, 2.75) is 37.8 Å². The molecule has 0 amide bonds. The average molecular weight is 326 g/mol. The van der Waals surface area contributed by atoms with E-state index in [-0.39, 0.29) is 12.1 Å². The Labute approximate surface area is 143 Å².